The zero-order valence-electron chi connectivity index (χ0n) is 17.6. The van der Waals surface area contributed by atoms with E-state index in [9.17, 15) is 15.3 Å². The van der Waals surface area contributed by atoms with Crippen molar-refractivity contribution in [2.45, 2.75) is 0 Å². The van der Waals surface area contributed by atoms with Crippen LogP contribution in [0.3, 0.4) is 0 Å². The second-order valence-electron chi connectivity index (χ2n) is 7.51. The number of fused-ring (bicyclic) bond motifs is 2. The molecule has 0 fully saturated rings. The van der Waals surface area contributed by atoms with Gasteiger partial charge in [-0.3, -0.25) is 4.79 Å². The lowest BCUT2D eigenvalue weighted by atomic mass is 9.99. The van der Waals surface area contributed by atoms with Gasteiger partial charge in [0.05, 0.1) is 15.9 Å². The number of nitrogens with zero attached hydrogens (tertiary/aromatic N) is 3. The maximum absolute atomic E-state index is 13.1. The predicted molar refractivity (Wildman–Crippen MR) is 130 cm³/mol. The Hall–Kier alpha value is -4.63. The molecule has 0 unspecified atom stereocenters. The van der Waals surface area contributed by atoms with E-state index in [0.717, 1.165) is 26.4 Å². The summed E-state index contributed by atoms with van der Waals surface area (Å²) in [7, 11) is 1.96. The van der Waals surface area contributed by atoms with Crippen molar-refractivity contribution in [3.63, 3.8) is 0 Å². The molecular formula is C28H15N3OS. The van der Waals surface area contributed by atoms with Gasteiger partial charge in [-0.25, -0.2) is 0 Å². The molecule has 154 valence electrons. The lowest BCUT2D eigenvalue weighted by Gasteiger charge is -2.01. The van der Waals surface area contributed by atoms with Gasteiger partial charge in [0.2, 0.25) is 0 Å². The number of benzene rings is 2. The molecule has 5 rings (SSSR count). The predicted octanol–water partition coefficient (Wildman–Crippen LogP) is 5.72. The normalized spacial score (nSPS) is 13.4. The lowest BCUT2D eigenvalue weighted by Crippen LogP contribution is -1.95. The summed E-state index contributed by atoms with van der Waals surface area (Å²) in [5.41, 5.74) is 4.75. The average Bonchev–Trinajstić information content (AvgIpc) is 3.46. The van der Waals surface area contributed by atoms with E-state index in [0.29, 0.717) is 22.3 Å². The summed E-state index contributed by atoms with van der Waals surface area (Å²) in [6.07, 6.45) is 1.78. The Morgan fingerprint density at radius 3 is 2.33 bits per heavy atom. The van der Waals surface area contributed by atoms with Gasteiger partial charge in [0.1, 0.15) is 17.7 Å². The van der Waals surface area contributed by atoms with Gasteiger partial charge in [-0.2, -0.15) is 10.5 Å². The van der Waals surface area contributed by atoms with Crippen LogP contribution in [-0.2, 0) is 7.05 Å². The third-order valence-electron chi connectivity index (χ3n) is 5.57. The molecule has 0 saturated carbocycles. The molecule has 33 heavy (non-hydrogen) atoms. The number of aryl methyl sites for hydroxylation is 1. The van der Waals surface area contributed by atoms with Gasteiger partial charge in [0.25, 0.3) is 0 Å². The van der Waals surface area contributed by atoms with Gasteiger partial charge >= 0.3 is 0 Å². The van der Waals surface area contributed by atoms with Crippen LogP contribution in [0.25, 0.3) is 21.9 Å². The van der Waals surface area contributed by atoms with Gasteiger partial charge in [0, 0.05) is 34.2 Å². The van der Waals surface area contributed by atoms with E-state index in [4.69, 9.17) is 0 Å². The van der Waals surface area contributed by atoms with Crippen molar-refractivity contribution in [3.8, 4) is 24.0 Å². The van der Waals surface area contributed by atoms with Crippen molar-refractivity contribution in [2.75, 3.05) is 0 Å². The molecular weight excluding hydrogens is 426 g/mol. The van der Waals surface area contributed by atoms with E-state index in [1.807, 2.05) is 66.2 Å². The summed E-state index contributed by atoms with van der Waals surface area (Å²) in [6.45, 7) is 0. The lowest BCUT2D eigenvalue weighted by molar-refractivity contribution is 0.104. The SMILES string of the molecule is Cn1c(C#Cc2ccccc2)cc2sc(/C=C3\C(=O)c4ccccc4C3=C(C#N)C#N)cc21. The first kappa shape index (κ1) is 20.3. The highest BCUT2D eigenvalue weighted by atomic mass is 32.1. The molecule has 0 spiro atoms. The first-order valence-electron chi connectivity index (χ1n) is 10.2. The van der Waals surface area contributed by atoms with Gasteiger partial charge < -0.3 is 4.57 Å². The molecule has 0 bridgehead atoms. The Morgan fingerprint density at radius 2 is 1.64 bits per heavy atom. The Kier molecular flexibility index (Phi) is 5.00. The van der Waals surface area contributed by atoms with Crippen molar-refractivity contribution in [2.24, 2.45) is 7.05 Å². The second-order valence-corrected chi connectivity index (χ2v) is 8.62. The van der Waals surface area contributed by atoms with Gasteiger partial charge in [-0.1, -0.05) is 48.4 Å². The zero-order chi connectivity index (χ0) is 22.9. The van der Waals surface area contributed by atoms with Crippen molar-refractivity contribution in [3.05, 3.63) is 105 Å². The van der Waals surface area contributed by atoms with E-state index in [1.165, 1.54) is 0 Å². The monoisotopic (exact) mass is 441 g/mol. The van der Waals surface area contributed by atoms with Crippen LogP contribution in [0.2, 0.25) is 0 Å². The largest absolute Gasteiger partial charge is 0.336 e. The second kappa shape index (κ2) is 8.13. The molecule has 2 heterocycles. The first-order valence-corrected chi connectivity index (χ1v) is 11.0. The van der Waals surface area contributed by atoms with Crippen molar-refractivity contribution >= 4 is 39.0 Å². The minimum absolute atomic E-state index is 0.0564. The molecule has 4 nitrogen and oxygen atoms in total. The number of rotatable bonds is 1. The van der Waals surface area contributed by atoms with Crippen LogP contribution in [0.4, 0.5) is 0 Å². The molecule has 1 aliphatic rings. The molecule has 4 aromatic rings. The Labute approximate surface area is 194 Å². The van der Waals surface area contributed by atoms with Crippen LogP contribution >= 0.6 is 11.3 Å². The molecule has 2 aromatic heterocycles. The maximum atomic E-state index is 13.1. The Morgan fingerprint density at radius 1 is 0.939 bits per heavy atom. The molecule has 0 N–H and O–H groups in total. The van der Waals surface area contributed by atoms with Crippen LogP contribution < -0.4 is 0 Å². The van der Waals surface area contributed by atoms with E-state index in [2.05, 4.69) is 11.8 Å². The van der Waals surface area contributed by atoms with Gasteiger partial charge in [-0.05, 0) is 41.8 Å². The number of hydrogen-bond acceptors (Lipinski definition) is 4. The van der Waals surface area contributed by atoms with Crippen molar-refractivity contribution < 1.29 is 4.79 Å². The Balaban J connectivity index is 1.58. The van der Waals surface area contributed by atoms with E-state index < -0.39 is 0 Å². The van der Waals surface area contributed by atoms with Crippen LogP contribution in [0.1, 0.15) is 32.1 Å². The Bertz CT molecular complexity index is 1640. The van der Waals surface area contributed by atoms with Crippen LogP contribution in [0, 0.1) is 34.5 Å². The van der Waals surface area contributed by atoms with Crippen LogP contribution in [0.15, 0.2) is 77.9 Å². The highest BCUT2D eigenvalue weighted by molar-refractivity contribution is 7.19. The van der Waals surface area contributed by atoms with E-state index >= 15 is 0 Å². The third-order valence-corrected chi connectivity index (χ3v) is 6.59. The summed E-state index contributed by atoms with van der Waals surface area (Å²) in [4.78, 5) is 14.0. The summed E-state index contributed by atoms with van der Waals surface area (Å²) in [5, 5.41) is 19.0. The fraction of sp³-hybridized carbons (Fsp3) is 0.0357. The summed E-state index contributed by atoms with van der Waals surface area (Å²) >= 11 is 1.54. The summed E-state index contributed by atoms with van der Waals surface area (Å²) in [5.74, 6) is 6.24. The fourth-order valence-electron chi connectivity index (χ4n) is 3.97. The number of nitriles is 2. The number of carbonyl (C=O) groups excluding carboxylic acids is 1. The summed E-state index contributed by atoms with van der Waals surface area (Å²) < 4.78 is 3.08. The zero-order valence-corrected chi connectivity index (χ0v) is 18.4. The quantitative estimate of drug-likeness (QED) is 0.215. The molecule has 0 radical (unpaired) electrons. The number of thiophene rings is 1. The molecule has 0 saturated heterocycles. The molecule has 1 aliphatic carbocycles. The highest BCUT2D eigenvalue weighted by Gasteiger charge is 2.32. The topological polar surface area (TPSA) is 69.6 Å². The number of Topliss-reactive ketones (excluding diaryl/α,β-unsaturated/α-hetero) is 1. The van der Waals surface area contributed by atoms with Gasteiger partial charge in [-0.15, -0.1) is 11.3 Å². The third kappa shape index (κ3) is 3.46. The summed E-state index contributed by atoms with van der Waals surface area (Å²) in [6, 6.07) is 24.9. The molecule has 2 aromatic carbocycles. The molecule has 0 atom stereocenters. The van der Waals surface area contributed by atoms with Crippen molar-refractivity contribution in [1.29, 1.82) is 10.5 Å². The molecule has 0 amide bonds. The van der Waals surface area contributed by atoms with Crippen LogP contribution in [-0.4, -0.2) is 10.4 Å². The minimum atomic E-state index is -0.171. The van der Waals surface area contributed by atoms with E-state index in [1.54, 1.807) is 41.7 Å². The standard InChI is InChI=1S/C28H15N3OS/c1-31-20(12-11-18-7-3-2-4-8-18)13-26-25(31)15-21(33-26)14-24-27(19(16-29)17-30)22-9-5-6-10-23(22)28(24)32/h2-10,13-15H,1H3/b24-14-. The first-order chi connectivity index (χ1) is 16.1. The molecule has 0 aliphatic heterocycles. The number of aromatic nitrogens is 1. The number of hydrogen-bond donors (Lipinski definition) is 0. The molecule has 5 heteroatoms. The minimum Gasteiger partial charge on any atom is -0.336 e. The van der Waals surface area contributed by atoms with Crippen LogP contribution in [0.5, 0.6) is 0 Å². The number of carbonyl (C=O) groups is 1. The number of ketones is 1. The number of allylic oxidation sites excluding steroid dienone is 3. The fourth-order valence-corrected chi connectivity index (χ4v) is 5.04. The van der Waals surface area contributed by atoms with E-state index in [-0.39, 0.29) is 11.4 Å². The smallest absolute Gasteiger partial charge is 0.194 e. The highest BCUT2D eigenvalue weighted by Crippen LogP contribution is 2.41. The maximum Gasteiger partial charge on any atom is 0.194 e. The average molecular weight is 442 g/mol. The van der Waals surface area contributed by atoms with Crippen molar-refractivity contribution in [1.82, 2.24) is 4.57 Å². The van der Waals surface area contributed by atoms with Gasteiger partial charge in [0.15, 0.2) is 5.78 Å².